The average molecular weight is 924 g/mol. The van der Waals surface area contributed by atoms with Crippen LogP contribution in [0.3, 0.4) is 0 Å². The topological polar surface area (TPSA) is 104 Å². The second-order valence-electron chi connectivity index (χ2n) is 17.0. The molecule has 5 aromatic carbocycles. The molecular weight excluding hydrogens is 867 g/mol. The highest BCUT2D eigenvalue weighted by Crippen LogP contribution is 2.40. The van der Waals surface area contributed by atoms with Crippen molar-refractivity contribution in [3.63, 3.8) is 0 Å². The molecule has 10 heteroatoms. The van der Waals surface area contributed by atoms with Crippen molar-refractivity contribution < 1.29 is 14.2 Å². The molecule has 0 saturated carbocycles. The van der Waals surface area contributed by atoms with Gasteiger partial charge in [-0.2, -0.15) is 10.5 Å². The Hall–Kier alpha value is -6.66. The first-order valence-electron chi connectivity index (χ1n) is 22.4. The Morgan fingerprint density at radius 2 is 0.955 bits per heavy atom. The molecule has 0 spiro atoms. The van der Waals surface area contributed by atoms with Gasteiger partial charge in [-0.05, 0) is 174 Å². The van der Waals surface area contributed by atoms with Crippen molar-refractivity contribution in [1.29, 1.82) is 10.5 Å². The molecule has 0 radical (unpaired) electrons. The highest BCUT2D eigenvalue weighted by Gasteiger charge is 2.19. The number of methoxy groups -OCH3 is 1. The fraction of sp³-hybridized carbons (Fsp3) is 0.263. The molecule has 0 unspecified atom stereocenters. The van der Waals surface area contributed by atoms with Crippen LogP contribution in [0.4, 0.5) is 17.1 Å². The van der Waals surface area contributed by atoms with Crippen LogP contribution in [-0.2, 0) is 22.3 Å². The number of thiazole rings is 2. The molecule has 0 amide bonds. The number of allylic oxidation sites excluding steroid dienone is 2. The molecule has 7 rings (SSSR count). The maximum atomic E-state index is 9.71. The van der Waals surface area contributed by atoms with E-state index in [-0.39, 0.29) is 0 Å². The van der Waals surface area contributed by atoms with Gasteiger partial charge >= 0.3 is 0 Å². The molecular formula is C57H57N5O3S2. The van der Waals surface area contributed by atoms with E-state index in [1.54, 1.807) is 29.8 Å². The molecule has 0 N–H and O–H groups in total. The van der Waals surface area contributed by atoms with Crippen LogP contribution < -0.4 is 9.64 Å². The summed E-state index contributed by atoms with van der Waals surface area (Å²) in [5.41, 5.74) is 18.1. The fourth-order valence-electron chi connectivity index (χ4n) is 8.33. The number of aryl methyl sites for hydroxylation is 6. The highest BCUT2D eigenvalue weighted by molar-refractivity contribution is 7.16. The van der Waals surface area contributed by atoms with Gasteiger partial charge in [-0.25, -0.2) is 9.97 Å². The SMILES string of the molecule is COCCOCCOc1ccc(N(c2ccc(-c3nc(Cc4c(C)cc(C)cc4C)c(/C=C(/C)C#N)s3)cc2)c2ccc(-c3nc(Cc4c(C)cc(C)cc4C)c(/C=C(/C)C#N)s3)cc2)cc1. The zero-order valence-electron chi connectivity index (χ0n) is 39.9. The van der Waals surface area contributed by atoms with Crippen molar-refractivity contribution in [3.8, 4) is 39.0 Å². The summed E-state index contributed by atoms with van der Waals surface area (Å²) in [6.45, 7) is 18.6. The van der Waals surface area contributed by atoms with E-state index in [9.17, 15) is 10.5 Å². The van der Waals surface area contributed by atoms with Crippen LogP contribution in [0.2, 0.25) is 0 Å². The minimum absolute atomic E-state index is 0.433. The van der Waals surface area contributed by atoms with Gasteiger partial charge in [-0.3, -0.25) is 0 Å². The van der Waals surface area contributed by atoms with Gasteiger partial charge in [0.25, 0.3) is 0 Å². The van der Waals surface area contributed by atoms with Gasteiger partial charge < -0.3 is 19.1 Å². The van der Waals surface area contributed by atoms with Crippen LogP contribution >= 0.6 is 22.7 Å². The Labute approximate surface area is 404 Å². The lowest BCUT2D eigenvalue weighted by Gasteiger charge is -2.26. The summed E-state index contributed by atoms with van der Waals surface area (Å²) in [4.78, 5) is 14.7. The first-order chi connectivity index (χ1) is 32.3. The van der Waals surface area contributed by atoms with Crippen molar-refractivity contribution in [2.75, 3.05) is 38.4 Å². The Morgan fingerprint density at radius 3 is 1.34 bits per heavy atom. The highest BCUT2D eigenvalue weighted by atomic mass is 32.1. The third kappa shape index (κ3) is 12.0. The predicted octanol–water partition coefficient (Wildman–Crippen LogP) is 14.3. The first kappa shape index (κ1) is 48.3. The van der Waals surface area contributed by atoms with Crippen LogP contribution in [0.1, 0.15) is 79.5 Å². The number of benzene rings is 5. The third-order valence-corrected chi connectivity index (χ3v) is 13.8. The van der Waals surface area contributed by atoms with E-state index in [0.717, 1.165) is 65.1 Å². The summed E-state index contributed by atoms with van der Waals surface area (Å²) in [6, 6.07) is 38.6. The van der Waals surface area contributed by atoms with Gasteiger partial charge in [0.2, 0.25) is 0 Å². The normalized spacial score (nSPS) is 11.7. The second-order valence-corrected chi connectivity index (χ2v) is 19.1. The molecule has 67 heavy (non-hydrogen) atoms. The summed E-state index contributed by atoms with van der Waals surface area (Å²) >= 11 is 3.23. The molecule has 0 aliphatic heterocycles. The molecule has 0 fully saturated rings. The van der Waals surface area contributed by atoms with Crippen LogP contribution in [0, 0.1) is 64.2 Å². The van der Waals surface area contributed by atoms with Crippen molar-refractivity contribution in [3.05, 3.63) is 174 Å². The van der Waals surface area contributed by atoms with Crippen LogP contribution in [0.15, 0.2) is 108 Å². The summed E-state index contributed by atoms with van der Waals surface area (Å²) in [5.74, 6) is 0.754. The maximum absolute atomic E-state index is 9.71. The summed E-state index contributed by atoms with van der Waals surface area (Å²) in [7, 11) is 1.66. The summed E-state index contributed by atoms with van der Waals surface area (Å²) in [5, 5.41) is 21.2. The largest absolute Gasteiger partial charge is 0.491 e. The van der Waals surface area contributed by atoms with Crippen molar-refractivity contribution in [2.24, 2.45) is 0 Å². The monoisotopic (exact) mass is 923 g/mol. The van der Waals surface area contributed by atoms with Crippen molar-refractivity contribution >= 4 is 51.9 Å². The Morgan fingerprint density at radius 1 is 0.567 bits per heavy atom. The number of hydrogen-bond donors (Lipinski definition) is 0. The fourth-order valence-corrected chi connectivity index (χ4v) is 10.5. The quantitative estimate of drug-likeness (QED) is 0.0619. The number of anilines is 3. The lowest BCUT2D eigenvalue weighted by atomic mass is 9.96. The van der Waals surface area contributed by atoms with E-state index >= 15 is 0 Å². The molecule has 0 bridgehead atoms. The van der Waals surface area contributed by atoms with Crippen molar-refractivity contribution in [2.45, 2.75) is 68.2 Å². The number of rotatable bonds is 18. The van der Waals surface area contributed by atoms with E-state index in [2.05, 4.69) is 144 Å². The van der Waals surface area contributed by atoms with Gasteiger partial charge in [-0.1, -0.05) is 35.4 Å². The van der Waals surface area contributed by atoms with Crippen LogP contribution in [0.5, 0.6) is 5.75 Å². The van der Waals surface area contributed by atoms with Crippen LogP contribution in [0.25, 0.3) is 33.3 Å². The molecule has 0 aliphatic carbocycles. The Balaban J connectivity index is 1.22. The third-order valence-electron chi connectivity index (χ3n) is 11.6. The molecule has 2 heterocycles. The molecule has 2 aromatic heterocycles. The molecule has 340 valence electrons. The lowest BCUT2D eigenvalue weighted by Crippen LogP contribution is -2.11. The maximum Gasteiger partial charge on any atom is 0.124 e. The van der Waals surface area contributed by atoms with E-state index in [4.69, 9.17) is 24.2 Å². The van der Waals surface area contributed by atoms with E-state index in [1.165, 1.54) is 44.5 Å². The number of ether oxygens (including phenoxy) is 3. The van der Waals surface area contributed by atoms with Gasteiger partial charge in [0.05, 0.1) is 53.1 Å². The van der Waals surface area contributed by atoms with Gasteiger partial charge in [0.15, 0.2) is 0 Å². The van der Waals surface area contributed by atoms with Crippen molar-refractivity contribution in [1.82, 2.24) is 9.97 Å². The standard InChI is InChI=1S/C57H57N5O3S2/c1-36-26-40(5)50(41(6)27-36)32-52-54(30-38(3)34-58)66-56(60-52)44-10-14-46(15-11-44)62(48-18-20-49(21-19-48)65-25-24-64-23-22-63-9)47-16-12-45(13-17-47)57-61-53(55(67-57)31-39(4)35-59)33-51-42(7)28-37(2)29-43(51)8/h10-21,26-31H,22-25,32-33H2,1-9H3/b38-30-,39-31-. The molecule has 0 saturated heterocycles. The number of aromatic nitrogens is 2. The Kier molecular flexibility index (Phi) is 16.0. The number of nitriles is 2. The summed E-state index contributed by atoms with van der Waals surface area (Å²) < 4.78 is 16.7. The van der Waals surface area contributed by atoms with E-state index in [1.807, 2.05) is 38.1 Å². The zero-order valence-corrected chi connectivity index (χ0v) is 41.5. The second kappa shape index (κ2) is 22.2. The van der Waals surface area contributed by atoms with Crippen LogP contribution in [-0.4, -0.2) is 43.5 Å². The molecule has 0 aliphatic rings. The van der Waals surface area contributed by atoms with Gasteiger partial charge in [0, 0.05) is 59.3 Å². The smallest absolute Gasteiger partial charge is 0.124 e. The minimum atomic E-state index is 0.433. The van der Waals surface area contributed by atoms with Gasteiger partial charge in [0.1, 0.15) is 22.4 Å². The number of nitrogens with zero attached hydrogens (tertiary/aromatic N) is 5. The molecule has 7 aromatic rings. The van der Waals surface area contributed by atoms with Gasteiger partial charge in [-0.15, -0.1) is 22.7 Å². The lowest BCUT2D eigenvalue weighted by molar-refractivity contribution is 0.0544. The Bertz CT molecular complexity index is 2780. The number of hydrogen-bond acceptors (Lipinski definition) is 10. The van der Waals surface area contributed by atoms with E-state index < -0.39 is 0 Å². The summed E-state index contributed by atoms with van der Waals surface area (Å²) in [6.07, 6.45) is 5.29. The molecule has 0 atom stereocenters. The molecule has 8 nitrogen and oxygen atoms in total. The first-order valence-corrected chi connectivity index (χ1v) is 24.1. The average Bonchev–Trinajstić information content (AvgIpc) is 3.91. The minimum Gasteiger partial charge on any atom is -0.491 e. The predicted molar refractivity (Wildman–Crippen MR) is 277 cm³/mol. The zero-order chi connectivity index (χ0) is 47.6. The van der Waals surface area contributed by atoms with E-state index in [0.29, 0.717) is 50.4 Å².